The van der Waals surface area contributed by atoms with Crippen molar-refractivity contribution in [3.63, 3.8) is 0 Å². The molecular formula is C11H20N2. The average molecular weight is 180 g/mol. The fraction of sp³-hybridized carbons (Fsp3) is 0.636. The maximum absolute atomic E-state index is 5.80. The highest BCUT2D eigenvalue weighted by molar-refractivity contribution is 5.27. The second-order valence-electron chi connectivity index (χ2n) is 3.84. The first-order chi connectivity index (χ1) is 6.26. The van der Waals surface area contributed by atoms with E-state index in [1.165, 1.54) is 18.4 Å². The molecule has 74 valence electrons. The molecule has 0 saturated carbocycles. The molecule has 1 aliphatic rings. The van der Waals surface area contributed by atoms with Crippen molar-refractivity contribution >= 4 is 0 Å². The zero-order valence-corrected chi connectivity index (χ0v) is 8.42. The highest BCUT2D eigenvalue weighted by atomic mass is 14.6. The highest BCUT2D eigenvalue weighted by Gasteiger charge is 2.25. The van der Waals surface area contributed by atoms with Gasteiger partial charge in [0.2, 0.25) is 0 Å². The molecule has 0 bridgehead atoms. The fourth-order valence-electron chi connectivity index (χ4n) is 1.84. The molecular weight excluding hydrogens is 160 g/mol. The van der Waals surface area contributed by atoms with E-state index in [1.54, 1.807) is 0 Å². The molecule has 0 amide bonds. The van der Waals surface area contributed by atoms with Crippen LogP contribution in [0, 0.1) is 5.41 Å². The number of allylic oxidation sites excluding steroid dienone is 1. The van der Waals surface area contributed by atoms with Gasteiger partial charge in [0.05, 0.1) is 0 Å². The van der Waals surface area contributed by atoms with Crippen molar-refractivity contribution in [1.29, 1.82) is 0 Å². The third-order valence-corrected chi connectivity index (χ3v) is 2.81. The Labute approximate surface area is 80.7 Å². The molecule has 0 aromatic carbocycles. The maximum atomic E-state index is 5.80. The van der Waals surface area contributed by atoms with Gasteiger partial charge in [-0.2, -0.15) is 0 Å². The van der Waals surface area contributed by atoms with E-state index in [0.717, 1.165) is 13.0 Å². The van der Waals surface area contributed by atoms with Crippen molar-refractivity contribution in [3.8, 4) is 0 Å². The van der Waals surface area contributed by atoms with Crippen LogP contribution < -0.4 is 11.5 Å². The molecule has 1 unspecified atom stereocenters. The molecule has 0 saturated heterocycles. The standard InChI is InChI=1S/C11H20N2/c1-2-5-11(9-13)6-3-10(8-12)4-7-11/h3-4,6H,2,5,7-9,12-13H2,1H3. The molecule has 0 radical (unpaired) electrons. The van der Waals surface area contributed by atoms with Crippen molar-refractivity contribution in [2.24, 2.45) is 16.9 Å². The number of rotatable bonds is 4. The van der Waals surface area contributed by atoms with Crippen LogP contribution in [0.3, 0.4) is 0 Å². The normalized spacial score (nSPS) is 27.5. The molecule has 1 rings (SSSR count). The largest absolute Gasteiger partial charge is 0.330 e. The molecule has 0 heterocycles. The molecule has 13 heavy (non-hydrogen) atoms. The summed E-state index contributed by atoms with van der Waals surface area (Å²) in [6.07, 6.45) is 10.0. The molecule has 1 aliphatic carbocycles. The predicted molar refractivity (Wildman–Crippen MR) is 57.3 cm³/mol. The Bertz CT molecular complexity index is 218. The molecule has 0 aromatic heterocycles. The number of hydrogen-bond donors (Lipinski definition) is 2. The van der Waals surface area contributed by atoms with E-state index in [-0.39, 0.29) is 5.41 Å². The minimum absolute atomic E-state index is 0.216. The highest BCUT2D eigenvalue weighted by Crippen LogP contribution is 2.33. The first-order valence-electron chi connectivity index (χ1n) is 5.05. The van der Waals surface area contributed by atoms with Gasteiger partial charge in [-0.05, 0) is 18.4 Å². The molecule has 4 N–H and O–H groups in total. The zero-order valence-electron chi connectivity index (χ0n) is 8.42. The topological polar surface area (TPSA) is 52.0 Å². The van der Waals surface area contributed by atoms with Crippen LogP contribution in [0.25, 0.3) is 0 Å². The van der Waals surface area contributed by atoms with Crippen LogP contribution in [0.15, 0.2) is 23.8 Å². The average Bonchev–Trinajstić information content (AvgIpc) is 2.19. The Balaban J connectivity index is 2.65. The van der Waals surface area contributed by atoms with Gasteiger partial charge in [-0.1, -0.05) is 31.6 Å². The van der Waals surface area contributed by atoms with Gasteiger partial charge in [0, 0.05) is 18.5 Å². The maximum Gasteiger partial charge on any atom is 0.0174 e. The summed E-state index contributed by atoms with van der Waals surface area (Å²) in [7, 11) is 0. The first-order valence-corrected chi connectivity index (χ1v) is 5.05. The minimum Gasteiger partial charge on any atom is -0.330 e. The van der Waals surface area contributed by atoms with Gasteiger partial charge >= 0.3 is 0 Å². The summed E-state index contributed by atoms with van der Waals surface area (Å²) in [5.74, 6) is 0. The van der Waals surface area contributed by atoms with Gasteiger partial charge in [0.1, 0.15) is 0 Å². The van der Waals surface area contributed by atoms with Crippen LogP contribution in [-0.4, -0.2) is 13.1 Å². The molecule has 0 aliphatic heterocycles. The molecule has 0 spiro atoms. The summed E-state index contributed by atoms with van der Waals surface area (Å²) < 4.78 is 0. The third-order valence-electron chi connectivity index (χ3n) is 2.81. The molecule has 2 nitrogen and oxygen atoms in total. The Kier molecular flexibility index (Phi) is 3.70. The van der Waals surface area contributed by atoms with Gasteiger partial charge in [0.15, 0.2) is 0 Å². The Morgan fingerprint density at radius 1 is 1.46 bits per heavy atom. The van der Waals surface area contributed by atoms with E-state index >= 15 is 0 Å². The Morgan fingerprint density at radius 3 is 2.62 bits per heavy atom. The van der Waals surface area contributed by atoms with Crippen molar-refractivity contribution in [3.05, 3.63) is 23.8 Å². The van der Waals surface area contributed by atoms with E-state index in [1.807, 2.05) is 0 Å². The monoisotopic (exact) mass is 180 g/mol. The van der Waals surface area contributed by atoms with Crippen LogP contribution in [-0.2, 0) is 0 Å². The van der Waals surface area contributed by atoms with Crippen LogP contribution in [0.5, 0.6) is 0 Å². The fourth-order valence-corrected chi connectivity index (χ4v) is 1.84. The van der Waals surface area contributed by atoms with Crippen molar-refractivity contribution < 1.29 is 0 Å². The van der Waals surface area contributed by atoms with Gasteiger partial charge < -0.3 is 11.5 Å². The minimum atomic E-state index is 0.216. The van der Waals surface area contributed by atoms with Crippen molar-refractivity contribution in [1.82, 2.24) is 0 Å². The number of hydrogen-bond acceptors (Lipinski definition) is 2. The van der Waals surface area contributed by atoms with E-state index in [9.17, 15) is 0 Å². The lowest BCUT2D eigenvalue weighted by molar-refractivity contribution is 0.357. The number of nitrogens with two attached hydrogens (primary N) is 2. The molecule has 0 aromatic rings. The lowest BCUT2D eigenvalue weighted by Crippen LogP contribution is -2.29. The summed E-state index contributed by atoms with van der Waals surface area (Å²) in [6, 6.07) is 0. The predicted octanol–water partition coefficient (Wildman–Crippen LogP) is 1.58. The van der Waals surface area contributed by atoms with Crippen LogP contribution >= 0.6 is 0 Å². The smallest absolute Gasteiger partial charge is 0.0174 e. The summed E-state index contributed by atoms with van der Waals surface area (Å²) >= 11 is 0. The van der Waals surface area contributed by atoms with Crippen LogP contribution in [0.2, 0.25) is 0 Å². The summed E-state index contributed by atoms with van der Waals surface area (Å²) in [6.45, 7) is 3.59. The SMILES string of the molecule is CCCC1(CN)C=CC(CN)=CC1. The van der Waals surface area contributed by atoms with E-state index in [0.29, 0.717) is 6.54 Å². The first kappa shape index (κ1) is 10.5. The Morgan fingerprint density at radius 2 is 2.23 bits per heavy atom. The van der Waals surface area contributed by atoms with Crippen LogP contribution in [0.1, 0.15) is 26.2 Å². The summed E-state index contributed by atoms with van der Waals surface area (Å²) in [5, 5.41) is 0. The zero-order chi connectivity index (χ0) is 9.73. The van der Waals surface area contributed by atoms with Crippen molar-refractivity contribution in [2.75, 3.05) is 13.1 Å². The molecule has 2 heteroatoms. The lowest BCUT2D eigenvalue weighted by Gasteiger charge is -2.30. The van der Waals surface area contributed by atoms with Gasteiger partial charge in [-0.15, -0.1) is 0 Å². The second kappa shape index (κ2) is 4.58. The lowest BCUT2D eigenvalue weighted by atomic mass is 9.76. The third kappa shape index (κ3) is 2.42. The van der Waals surface area contributed by atoms with Crippen molar-refractivity contribution in [2.45, 2.75) is 26.2 Å². The second-order valence-corrected chi connectivity index (χ2v) is 3.84. The van der Waals surface area contributed by atoms with E-state index < -0.39 is 0 Å². The van der Waals surface area contributed by atoms with Gasteiger partial charge in [-0.3, -0.25) is 0 Å². The molecule has 0 fully saturated rings. The Hall–Kier alpha value is -0.600. The van der Waals surface area contributed by atoms with E-state index in [4.69, 9.17) is 11.5 Å². The van der Waals surface area contributed by atoms with Gasteiger partial charge in [-0.25, -0.2) is 0 Å². The van der Waals surface area contributed by atoms with E-state index in [2.05, 4.69) is 25.2 Å². The summed E-state index contributed by atoms with van der Waals surface area (Å²) in [5.41, 5.74) is 12.8. The van der Waals surface area contributed by atoms with Gasteiger partial charge in [0.25, 0.3) is 0 Å². The van der Waals surface area contributed by atoms with Crippen LogP contribution in [0.4, 0.5) is 0 Å². The quantitative estimate of drug-likeness (QED) is 0.690. The summed E-state index contributed by atoms with van der Waals surface area (Å²) in [4.78, 5) is 0. The molecule has 1 atom stereocenters.